The molecule has 2 aromatic carbocycles. The van der Waals surface area contributed by atoms with Crippen molar-refractivity contribution in [3.05, 3.63) is 71.3 Å². The third-order valence-corrected chi connectivity index (χ3v) is 4.12. The molecule has 0 saturated carbocycles. The van der Waals surface area contributed by atoms with E-state index in [1.807, 2.05) is 36.4 Å². The third-order valence-electron chi connectivity index (χ3n) is 4.12. The summed E-state index contributed by atoms with van der Waals surface area (Å²) in [7, 11) is 0. The van der Waals surface area contributed by atoms with Crippen molar-refractivity contribution in [2.24, 2.45) is 0 Å². The normalized spacial score (nSPS) is 17.0. The molecule has 0 aliphatic carbocycles. The highest BCUT2D eigenvalue weighted by Gasteiger charge is 2.33. The van der Waals surface area contributed by atoms with Crippen LogP contribution in [0.2, 0.25) is 0 Å². The van der Waals surface area contributed by atoms with Gasteiger partial charge in [-0.05, 0) is 29.8 Å². The van der Waals surface area contributed by atoms with E-state index in [4.69, 9.17) is 5.26 Å². The van der Waals surface area contributed by atoms with Crippen molar-refractivity contribution in [3.8, 4) is 6.07 Å². The van der Waals surface area contributed by atoms with Gasteiger partial charge in [-0.2, -0.15) is 5.26 Å². The second-order valence-corrected chi connectivity index (χ2v) is 5.68. The van der Waals surface area contributed by atoms with E-state index >= 15 is 0 Å². The SMILES string of the molecule is N#Cc1ccc(C(=O)N2CCNC(=O)[C@@H]2Cc2ccccc2)cc1. The summed E-state index contributed by atoms with van der Waals surface area (Å²) in [5.41, 5.74) is 2.00. The number of benzene rings is 2. The maximum absolute atomic E-state index is 12.8. The number of nitriles is 1. The van der Waals surface area contributed by atoms with Crippen LogP contribution in [0, 0.1) is 11.3 Å². The van der Waals surface area contributed by atoms with Gasteiger partial charge in [0.1, 0.15) is 6.04 Å². The summed E-state index contributed by atoms with van der Waals surface area (Å²) in [6.45, 7) is 0.925. The zero-order valence-corrected chi connectivity index (χ0v) is 13.1. The van der Waals surface area contributed by atoms with E-state index in [0.717, 1.165) is 5.56 Å². The molecule has 120 valence electrons. The molecule has 24 heavy (non-hydrogen) atoms. The van der Waals surface area contributed by atoms with Gasteiger partial charge in [-0.1, -0.05) is 30.3 Å². The Bertz CT molecular complexity index is 779. The first-order valence-electron chi connectivity index (χ1n) is 7.82. The maximum atomic E-state index is 12.8. The molecule has 1 atom stereocenters. The number of piperazine rings is 1. The summed E-state index contributed by atoms with van der Waals surface area (Å²) in [6.07, 6.45) is 0.481. The van der Waals surface area contributed by atoms with Crippen molar-refractivity contribution in [3.63, 3.8) is 0 Å². The Morgan fingerprint density at radius 2 is 1.88 bits per heavy atom. The molecule has 0 unspecified atom stereocenters. The monoisotopic (exact) mass is 319 g/mol. The number of amides is 2. The van der Waals surface area contributed by atoms with Gasteiger partial charge in [0.05, 0.1) is 11.6 Å². The fourth-order valence-corrected chi connectivity index (χ4v) is 2.85. The third kappa shape index (κ3) is 3.28. The van der Waals surface area contributed by atoms with E-state index in [-0.39, 0.29) is 11.8 Å². The van der Waals surface area contributed by atoms with Crippen LogP contribution in [0.5, 0.6) is 0 Å². The highest BCUT2D eigenvalue weighted by Crippen LogP contribution is 2.16. The molecule has 0 aromatic heterocycles. The van der Waals surface area contributed by atoms with Crippen molar-refractivity contribution in [1.82, 2.24) is 10.2 Å². The van der Waals surface area contributed by atoms with E-state index in [1.54, 1.807) is 29.2 Å². The van der Waals surface area contributed by atoms with Gasteiger partial charge in [0.2, 0.25) is 5.91 Å². The first-order valence-corrected chi connectivity index (χ1v) is 7.82. The Labute approximate surface area is 140 Å². The number of carbonyl (C=O) groups is 2. The average molecular weight is 319 g/mol. The van der Waals surface area contributed by atoms with E-state index in [9.17, 15) is 9.59 Å². The van der Waals surface area contributed by atoms with Crippen molar-refractivity contribution >= 4 is 11.8 Å². The quantitative estimate of drug-likeness (QED) is 0.936. The summed E-state index contributed by atoms with van der Waals surface area (Å²) in [4.78, 5) is 26.7. The van der Waals surface area contributed by atoms with Gasteiger partial charge < -0.3 is 10.2 Å². The molecule has 5 heteroatoms. The molecular weight excluding hydrogens is 302 g/mol. The molecule has 1 saturated heterocycles. The van der Waals surface area contributed by atoms with Gasteiger partial charge >= 0.3 is 0 Å². The van der Waals surface area contributed by atoms with Gasteiger partial charge in [-0.3, -0.25) is 9.59 Å². The summed E-state index contributed by atoms with van der Waals surface area (Å²) in [5.74, 6) is -0.317. The second kappa shape index (κ2) is 6.97. The smallest absolute Gasteiger partial charge is 0.254 e. The number of hydrogen-bond donors (Lipinski definition) is 1. The Kier molecular flexibility index (Phi) is 4.57. The van der Waals surface area contributed by atoms with Crippen LogP contribution in [0.4, 0.5) is 0 Å². The zero-order chi connectivity index (χ0) is 16.9. The first kappa shape index (κ1) is 15.8. The molecule has 1 heterocycles. The van der Waals surface area contributed by atoms with Crippen molar-refractivity contribution in [1.29, 1.82) is 5.26 Å². The van der Waals surface area contributed by atoms with Crippen LogP contribution in [0.25, 0.3) is 0 Å². The lowest BCUT2D eigenvalue weighted by Crippen LogP contribution is -2.58. The second-order valence-electron chi connectivity index (χ2n) is 5.68. The average Bonchev–Trinajstić information content (AvgIpc) is 2.64. The van der Waals surface area contributed by atoms with Crippen LogP contribution in [0.15, 0.2) is 54.6 Å². The van der Waals surface area contributed by atoms with E-state index in [1.165, 1.54) is 0 Å². The number of carbonyl (C=O) groups excluding carboxylic acids is 2. The molecule has 0 spiro atoms. The minimum atomic E-state index is -0.524. The Morgan fingerprint density at radius 3 is 2.54 bits per heavy atom. The molecule has 2 aromatic rings. The van der Waals surface area contributed by atoms with Crippen molar-refractivity contribution in [2.75, 3.05) is 13.1 Å². The highest BCUT2D eigenvalue weighted by molar-refractivity contribution is 5.98. The molecule has 1 aliphatic heterocycles. The first-order chi connectivity index (χ1) is 11.7. The molecule has 5 nitrogen and oxygen atoms in total. The standard InChI is InChI=1S/C19H17N3O2/c20-13-15-6-8-16(9-7-15)19(24)22-11-10-21-18(23)17(22)12-14-4-2-1-3-5-14/h1-9,17H,10-12H2,(H,21,23)/t17-/m0/s1. The van der Waals surface area contributed by atoms with Crippen LogP contribution >= 0.6 is 0 Å². The van der Waals surface area contributed by atoms with Gasteiger partial charge in [-0.15, -0.1) is 0 Å². The fraction of sp³-hybridized carbons (Fsp3) is 0.211. The van der Waals surface area contributed by atoms with Crippen LogP contribution in [0.3, 0.4) is 0 Å². The number of nitrogens with zero attached hydrogens (tertiary/aromatic N) is 2. The maximum Gasteiger partial charge on any atom is 0.254 e. The van der Waals surface area contributed by atoms with Crippen molar-refractivity contribution < 1.29 is 9.59 Å². The molecule has 1 fully saturated rings. The summed E-state index contributed by atoms with van der Waals surface area (Å²) in [6, 6.07) is 17.7. The molecule has 2 amide bonds. The Hall–Kier alpha value is -3.13. The molecule has 3 rings (SSSR count). The summed E-state index contributed by atoms with van der Waals surface area (Å²) < 4.78 is 0. The van der Waals surface area contributed by atoms with E-state index < -0.39 is 6.04 Å². The summed E-state index contributed by atoms with van der Waals surface area (Å²) in [5, 5.41) is 11.7. The van der Waals surface area contributed by atoms with Crippen molar-refractivity contribution in [2.45, 2.75) is 12.5 Å². The van der Waals surface area contributed by atoms with Gasteiger partial charge in [0.25, 0.3) is 5.91 Å². The van der Waals surface area contributed by atoms with Crippen LogP contribution in [0.1, 0.15) is 21.5 Å². The number of hydrogen-bond acceptors (Lipinski definition) is 3. The predicted molar refractivity (Wildman–Crippen MR) is 89.1 cm³/mol. The molecule has 1 aliphatic rings. The highest BCUT2D eigenvalue weighted by atomic mass is 16.2. The zero-order valence-electron chi connectivity index (χ0n) is 13.1. The van der Waals surface area contributed by atoms with Gasteiger partial charge in [-0.25, -0.2) is 0 Å². The van der Waals surface area contributed by atoms with Gasteiger partial charge in [0.15, 0.2) is 0 Å². The van der Waals surface area contributed by atoms with Crippen LogP contribution in [-0.2, 0) is 11.2 Å². The molecule has 0 radical (unpaired) electrons. The Balaban J connectivity index is 1.83. The largest absolute Gasteiger partial charge is 0.353 e. The number of rotatable bonds is 3. The fourth-order valence-electron chi connectivity index (χ4n) is 2.85. The molecule has 0 bridgehead atoms. The summed E-state index contributed by atoms with van der Waals surface area (Å²) >= 11 is 0. The topological polar surface area (TPSA) is 73.2 Å². The van der Waals surface area contributed by atoms with Gasteiger partial charge in [0, 0.05) is 25.1 Å². The lowest BCUT2D eigenvalue weighted by atomic mass is 10.0. The van der Waals surface area contributed by atoms with Crippen LogP contribution < -0.4 is 5.32 Å². The van der Waals surface area contributed by atoms with Crippen LogP contribution in [-0.4, -0.2) is 35.8 Å². The minimum absolute atomic E-state index is 0.132. The number of nitrogens with one attached hydrogen (secondary N) is 1. The van der Waals surface area contributed by atoms with E-state index in [0.29, 0.717) is 30.6 Å². The molecular formula is C19H17N3O2. The minimum Gasteiger partial charge on any atom is -0.353 e. The molecule has 1 N–H and O–H groups in total. The van der Waals surface area contributed by atoms with E-state index in [2.05, 4.69) is 5.32 Å². The lowest BCUT2D eigenvalue weighted by Gasteiger charge is -2.35. The lowest BCUT2D eigenvalue weighted by molar-refractivity contribution is -0.127. The predicted octanol–water partition coefficient (Wildman–Crippen LogP) is 1.74. The Morgan fingerprint density at radius 1 is 1.17 bits per heavy atom.